The summed E-state index contributed by atoms with van der Waals surface area (Å²) in [5.41, 5.74) is 0. The standard InChI is InChI=1S/C30H58O13/c1-5-27(3)29(31)42-25-23-40-21-19-38-17-15-36-13-11-34-9-7-33-8-10-35-12-14-37-16-18-39-20-22-41-24-26-43-30(32)28(4)6-2/h27-28H,5-26H2,1-4H3. The predicted molar refractivity (Wildman–Crippen MR) is 158 cm³/mol. The number of esters is 2. The van der Waals surface area contributed by atoms with Crippen LogP contribution in [0.4, 0.5) is 0 Å². The first-order valence-corrected chi connectivity index (χ1v) is 15.6. The average Bonchev–Trinajstić information content (AvgIpc) is 3.02. The maximum absolute atomic E-state index is 11.5. The van der Waals surface area contributed by atoms with Gasteiger partial charge in [0, 0.05) is 0 Å². The molecule has 0 saturated carbocycles. The molecule has 0 aliphatic rings. The quantitative estimate of drug-likeness (QED) is 0.0764. The van der Waals surface area contributed by atoms with Crippen LogP contribution in [-0.4, -0.2) is 144 Å². The van der Waals surface area contributed by atoms with Crippen molar-refractivity contribution in [3.63, 3.8) is 0 Å². The molecule has 13 heteroatoms. The Balaban J connectivity index is 3.12. The zero-order valence-corrected chi connectivity index (χ0v) is 27.0. The maximum Gasteiger partial charge on any atom is 0.308 e. The lowest BCUT2D eigenvalue weighted by atomic mass is 10.1. The van der Waals surface area contributed by atoms with E-state index >= 15 is 0 Å². The fourth-order valence-corrected chi connectivity index (χ4v) is 2.88. The Bertz CT molecular complexity index is 559. The first kappa shape index (κ1) is 41.6. The van der Waals surface area contributed by atoms with Crippen LogP contribution in [-0.2, 0) is 61.7 Å². The summed E-state index contributed by atoms with van der Waals surface area (Å²) in [6, 6.07) is 0. The molecule has 0 saturated heterocycles. The van der Waals surface area contributed by atoms with Gasteiger partial charge in [-0.3, -0.25) is 9.59 Å². The van der Waals surface area contributed by atoms with Crippen molar-refractivity contribution in [2.45, 2.75) is 40.5 Å². The van der Waals surface area contributed by atoms with Crippen molar-refractivity contribution in [1.82, 2.24) is 0 Å². The molecule has 0 aromatic carbocycles. The van der Waals surface area contributed by atoms with Gasteiger partial charge in [0.25, 0.3) is 0 Å². The second-order valence-electron chi connectivity index (χ2n) is 9.46. The van der Waals surface area contributed by atoms with E-state index in [0.717, 1.165) is 12.8 Å². The van der Waals surface area contributed by atoms with E-state index in [1.54, 1.807) is 0 Å². The Labute approximate surface area is 258 Å². The third-order valence-electron chi connectivity index (χ3n) is 5.95. The van der Waals surface area contributed by atoms with Gasteiger partial charge >= 0.3 is 11.9 Å². The summed E-state index contributed by atoms with van der Waals surface area (Å²) < 4.78 is 59.0. The van der Waals surface area contributed by atoms with E-state index in [0.29, 0.717) is 119 Å². The van der Waals surface area contributed by atoms with E-state index in [-0.39, 0.29) is 37.0 Å². The molecule has 0 fully saturated rings. The monoisotopic (exact) mass is 626 g/mol. The molecule has 0 amide bonds. The third-order valence-corrected chi connectivity index (χ3v) is 5.95. The zero-order valence-electron chi connectivity index (χ0n) is 27.0. The van der Waals surface area contributed by atoms with Crippen LogP contribution in [0.1, 0.15) is 40.5 Å². The highest BCUT2D eigenvalue weighted by molar-refractivity contribution is 5.72. The Kier molecular flexibility index (Phi) is 32.4. The molecule has 0 aliphatic carbocycles. The van der Waals surface area contributed by atoms with Gasteiger partial charge in [0.15, 0.2) is 0 Å². The fraction of sp³-hybridized carbons (Fsp3) is 0.933. The third kappa shape index (κ3) is 30.4. The van der Waals surface area contributed by atoms with Gasteiger partial charge in [-0.2, -0.15) is 0 Å². The van der Waals surface area contributed by atoms with Gasteiger partial charge in [0.05, 0.1) is 131 Å². The minimum atomic E-state index is -0.186. The van der Waals surface area contributed by atoms with Crippen molar-refractivity contribution in [2.75, 3.05) is 132 Å². The van der Waals surface area contributed by atoms with Gasteiger partial charge in [0.1, 0.15) is 13.2 Å². The molecule has 0 radical (unpaired) electrons. The molecule has 0 rings (SSSR count). The molecule has 13 nitrogen and oxygen atoms in total. The topological polar surface area (TPSA) is 136 Å². The molecule has 0 aromatic rings. The van der Waals surface area contributed by atoms with Gasteiger partial charge in [-0.15, -0.1) is 0 Å². The van der Waals surface area contributed by atoms with Gasteiger partial charge in [-0.25, -0.2) is 0 Å². The van der Waals surface area contributed by atoms with Crippen LogP contribution in [0.5, 0.6) is 0 Å². The van der Waals surface area contributed by atoms with Crippen molar-refractivity contribution < 1.29 is 61.7 Å². The molecule has 2 atom stereocenters. The molecule has 0 aromatic heterocycles. The van der Waals surface area contributed by atoms with Crippen LogP contribution >= 0.6 is 0 Å². The minimum Gasteiger partial charge on any atom is -0.463 e. The lowest BCUT2D eigenvalue weighted by molar-refractivity contribution is -0.150. The highest BCUT2D eigenvalue weighted by Crippen LogP contribution is 2.03. The van der Waals surface area contributed by atoms with E-state index in [2.05, 4.69) is 0 Å². The number of carbonyl (C=O) groups is 2. The molecule has 256 valence electrons. The molecule has 0 spiro atoms. The summed E-state index contributed by atoms with van der Waals surface area (Å²) in [4.78, 5) is 23.0. The van der Waals surface area contributed by atoms with E-state index in [4.69, 9.17) is 52.1 Å². The van der Waals surface area contributed by atoms with Crippen LogP contribution in [0.25, 0.3) is 0 Å². The summed E-state index contributed by atoms with van der Waals surface area (Å²) in [5, 5.41) is 0. The SMILES string of the molecule is CCC(C)C(=O)OCCOCCOCCOCCOCCOCCOCCOCCOCCOCCOC(=O)C(C)CC. The number of hydrogen-bond donors (Lipinski definition) is 0. The zero-order chi connectivity index (χ0) is 31.6. The minimum absolute atomic E-state index is 0.0752. The first-order chi connectivity index (χ1) is 21.0. The fourth-order valence-electron chi connectivity index (χ4n) is 2.88. The Hall–Kier alpha value is -1.42. The summed E-state index contributed by atoms with van der Waals surface area (Å²) in [6.07, 6.45) is 1.54. The van der Waals surface area contributed by atoms with E-state index in [1.807, 2.05) is 27.7 Å². The largest absolute Gasteiger partial charge is 0.463 e. The summed E-state index contributed by atoms with van der Waals surface area (Å²) in [6.45, 7) is 16.5. The van der Waals surface area contributed by atoms with Gasteiger partial charge < -0.3 is 52.1 Å². The Morgan fingerprint density at radius 1 is 0.349 bits per heavy atom. The van der Waals surface area contributed by atoms with E-state index in [1.165, 1.54) is 0 Å². The molecular weight excluding hydrogens is 568 g/mol. The van der Waals surface area contributed by atoms with Gasteiger partial charge in [-0.05, 0) is 12.8 Å². The van der Waals surface area contributed by atoms with Crippen LogP contribution in [0.2, 0.25) is 0 Å². The van der Waals surface area contributed by atoms with Crippen LogP contribution < -0.4 is 0 Å². The van der Waals surface area contributed by atoms with Crippen molar-refractivity contribution in [1.29, 1.82) is 0 Å². The van der Waals surface area contributed by atoms with Gasteiger partial charge in [0.2, 0.25) is 0 Å². The lowest BCUT2D eigenvalue weighted by Gasteiger charge is -2.10. The molecule has 2 unspecified atom stereocenters. The van der Waals surface area contributed by atoms with Crippen molar-refractivity contribution in [3.05, 3.63) is 0 Å². The Morgan fingerprint density at radius 3 is 0.674 bits per heavy atom. The summed E-state index contributed by atoms with van der Waals surface area (Å²) in [7, 11) is 0. The number of rotatable bonds is 34. The molecule has 0 aliphatic heterocycles. The molecule has 43 heavy (non-hydrogen) atoms. The number of carbonyl (C=O) groups excluding carboxylic acids is 2. The normalized spacial score (nSPS) is 12.7. The van der Waals surface area contributed by atoms with E-state index in [9.17, 15) is 9.59 Å². The predicted octanol–water partition coefficient (Wildman–Crippen LogP) is 2.31. The number of ether oxygens (including phenoxy) is 11. The molecule has 0 N–H and O–H groups in total. The molecular formula is C30H58O13. The van der Waals surface area contributed by atoms with Crippen LogP contribution in [0.3, 0.4) is 0 Å². The summed E-state index contributed by atoms with van der Waals surface area (Å²) in [5.74, 6) is -0.522. The van der Waals surface area contributed by atoms with Crippen molar-refractivity contribution in [2.24, 2.45) is 11.8 Å². The highest BCUT2D eigenvalue weighted by atomic mass is 16.6. The maximum atomic E-state index is 11.5. The second-order valence-corrected chi connectivity index (χ2v) is 9.46. The van der Waals surface area contributed by atoms with Gasteiger partial charge in [-0.1, -0.05) is 27.7 Å². The molecule has 0 heterocycles. The lowest BCUT2D eigenvalue weighted by Crippen LogP contribution is -2.18. The summed E-state index contributed by atoms with van der Waals surface area (Å²) >= 11 is 0. The Morgan fingerprint density at radius 2 is 0.512 bits per heavy atom. The van der Waals surface area contributed by atoms with Crippen LogP contribution in [0.15, 0.2) is 0 Å². The van der Waals surface area contributed by atoms with Crippen molar-refractivity contribution >= 4 is 11.9 Å². The van der Waals surface area contributed by atoms with E-state index < -0.39 is 0 Å². The van der Waals surface area contributed by atoms with Crippen LogP contribution in [0, 0.1) is 11.8 Å². The molecule has 0 bridgehead atoms. The highest BCUT2D eigenvalue weighted by Gasteiger charge is 2.12. The first-order valence-electron chi connectivity index (χ1n) is 15.6. The second kappa shape index (κ2) is 33.5. The van der Waals surface area contributed by atoms with Crippen molar-refractivity contribution in [3.8, 4) is 0 Å². The average molecular weight is 627 g/mol. The smallest absolute Gasteiger partial charge is 0.308 e. The number of hydrogen-bond acceptors (Lipinski definition) is 13.